The van der Waals surface area contributed by atoms with E-state index in [-0.39, 0.29) is 6.04 Å². The number of hydrogen-bond acceptors (Lipinski definition) is 2. The predicted octanol–water partition coefficient (Wildman–Crippen LogP) is 3.39. The van der Waals surface area contributed by atoms with Crippen molar-refractivity contribution >= 4 is 5.97 Å². The van der Waals surface area contributed by atoms with E-state index in [1.807, 2.05) is 0 Å². The minimum Gasteiger partial charge on any atom is -0.480 e. The van der Waals surface area contributed by atoms with E-state index in [2.05, 4.69) is 32.6 Å². The summed E-state index contributed by atoms with van der Waals surface area (Å²) in [5.41, 5.74) is 0.347. The zero-order valence-electron chi connectivity index (χ0n) is 12.4. The van der Waals surface area contributed by atoms with Crippen molar-refractivity contribution in [3.05, 3.63) is 0 Å². The lowest BCUT2D eigenvalue weighted by atomic mass is 9.77. The van der Waals surface area contributed by atoms with Gasteiger partial charge in [0.2, 0.25) is 0 Å². The minimum absolute atomic E-state index is 0.270. The maximum atomic E-state index is 11.3. The molecule has 0 radical (unpaired) electrons. The SMILES string of the molecule is CCCC(C(=O)O)N1CCCC(C(C)(C)C)CC1. The summed E-state index contributed by atoms with van der Waals surface area (Å²) in [6, 6.07) is -0.270. The maximum Gasteiger partial charge on any atom is 0.320 e. The molecule has 3 nitrogen and oxygen atoms in total. The Balaban J connectivity index is 2.62. The first-order chi connectivity index (χ1) is 8.36. The summed E-state index contributed by atoms with van der Waals surface area (Å²) in [5.74, 6) is 0.0737. The summed E-state index contributed by atoms with van der Waals surface area (Å²) in [7, 11) is 0. The first-order valence-corrected chi connectivity index (χ1v) is 7.33. The number of carbonyl (C=O) groups is 1. The summed E-state index contributed by atoms with van der Waals surface area (Å²) in [4.78, 5) is 13.5. The molecule has 0 spiro atoms. The van der Waals surface area contributed by atoms with Crippen molar-refractivity contribution in [2.24, 2.45) is 11.3 Å². The fourth-order valence-corrected chi connectivity index (χ4v) is 3.03. The summed E-state index contributed by atoms with van der Waals surface area (Å²) >= 11 is 0. The number of nitrogens with zero attached hydrogens (tertiary/aromatic N) is 1. The molecule has 0 aromatic heterocycles. The summed E-state index contributed by atoms with van der Waals surface area (Å²) in [6.45, 7) is 10.9. The fraction of sp³-hybridized carbons (Fsp3) is 0.933. The Bertz CT molecular complexity index is 270. The van der Waals surface area contributed by atoms with Crippen molar-refractivity contribution in [1.82, 2.24) is 4.90 Å². The van der Waals surface area contributed by atoms with Crippen LogP contribution < -0.4 is 0 Å². The van der Waals surface area contributed by atoms with E-state index >= 15 is 0 Å². The van der Waals surface area contributed by atoms with Gasteiger partial charge in [-0.3, -0.25) is 9.69 Å². The molecule has 1 aliphatic rings. The third-order valence-corrected chi connectivity index (χ3v) is 4.28. The zero-order valence-corrected chi connectivity index (χ0v) is 12.4. The summed E-state index contributed by atoms with van der Waals surface area (Å²) in [6.07, 6.45) is 5.22. The lowest BCUT2D eigenvalue weighted by Crippen LogP contribution is -2.41. The van der Waals surface area contributed by atoms with Crippen LogP contribution in [-0.2, 0) is 4.79 Å². The van der Waals surface area contributed by atoms with Gasteiger partial charge in [0, 0.05) is 0 Å². The molecule has 1 heterocycles. The summed E-state index contributed by atoms with van der Waals surface area (Å²) in [5, 5.41) is 9.33. The highest BCUT2D eigenvalue weighted by molar-refractivity contribution is 5.73. The Morgan fingerprint density at radius 1 is 1.33 bits per heavy atom. The predicted molar refractivity (Wildman–Crippen MR) is 74.7 cm³/mol. The Labute approximate surface area is 112 Å². The van der Waals surface area contributed by atoms with Gasteiger partial charge in [-0.25, -0.2) is 0 Å². The van der Waals surface area contributed by atoms with Gasteiger partial charge in [-0.2, -0.15) is 0 Å². The molecule has 3 heteroatoms. The second-order valence-corrected chi connectivity index (χ2v) is 6.67. The second kappa shape index (κ2) is 6.55. The van der Waals surface area contributed by atoms with Crippen LogP contribution in [0.5, 0.6) is 0 Å². The fourth-order valence-electron chi connectivity index (χ4n) is 3.03. The average Bonchev–Trinajstić information content (AvgIpc) is 2.50. The van der Waals surface area contributed by atoms with Gasteiger partial charge in [0.25, 0.3) is 0 Å². The zero-order chi connectivity index (χ0) is 13.8. The van der Waals surface area contributed by atoms with E-state index in [1.165, 1.54) is 6.42 Å². The lowest BCUT2D eigenvalue weighted by molar-refractivity contribution is -0.143. The van der Waals surface area contributed by atoms with Gasteiger partial charge >= 0.3 is 5.97 Å². The van der Waals surface area contributed by atoms with E-state index in [1.54, 1.807) is 0 Å². The molecule has 1 aliphatic heterocycles. The van der Waals surface area contributed by atoms with Gasteiger partial charge in [0.1, 0.15) is 6.04 Å². The normalized spacial score (nSPS) is 24.6. The number of aliphatic carboxylic acids is 1. The third-order valence-electron chi connectivity index (χ3n) is 4.28. The molecule has 1 saturated heterocycles. The van der Waals surface area contributed by atoms with Crippen molar-refractivity contribution in [1.29, 1.82) is 0 Å². The van der Waals surface area contributed by atoms with Crippen LogP contribution in [0.25, 0.3) is 0 Å². The number of carboxylic acid groups (broad SMARTS) is 1. The van der Waals surface area contributed by atoms with Crippen molar-refractivity contribution in [3.8, 4) is 0 Å². The van der Waals surface area contributed by atoms with Gasteiger partial charge in [-0.1, -0.05) is 34.1 Å². The molecule has 0 amide bonds. The first-order valence-electron chi connectivity index (χ1n) is 7.33. The van der Waals surface area contributed by atoms with Gasteiger partial charge in [-0.15, -0.1) is 0 Å². The highest BCUT2D eigenvalue weighted by Gasteiger charge is 2.31. The van der Waals surface area contributed by atoms with Crippen LogP contribution >= 0.6 is 0 Å². The van der Waals surface area contributed by atoms with E-state index in [0.29, 0.717) is 5.41 Å². The Morgan fingerprint density at radius 2 is 2.00 bits per heavy atom. The number of rotatable bonds is 4. The van der Waals surface area contributed by atoms with Crippen LogP contribution in [0.1, 0.15) is 59.8 Å². The lowest BCUT2D eigenvalue weighted by Gasteiger charge is -2.30. The molecule has 0 bridgehead atoms. The monoisotopic (exact) mass is 255 g/mol. The summed E-state index contributed by atoms with van der Waals surface area (Å²) < 4.78 is 0. The van der Waals surface area contributed by atoms with E-state index in [0.717, 1.165) is 44.7 Å². The third kappa shape index (κ3) is 4.27. The van der Waals surface area contributed by atoms with Crippen molar-refractivity contribution in [3.63, 3.8) is 0 Å². The minimum atomic E-state index is -0.647. The molecule has 0 aromatic carbocycles. The maximum absolute atomic E-state index is 11.3. The molecular weight excluding hydrogens is 226 g/mol. The Morgan fingerprint density at radius 3 is 2.50 bits per heavy atom. The van der Waals surface area contributed by atoms with Crippen LogP contribution in [0.2, 0.25) is 0 Å². The Kier molecular flexibility index (Phi) is 5.64. The van der Waals surface area contributed by atoms with Crippen LogP contribution in [-0.4, -0.2) is 35.1 Å². The smallest absolute Gasteiger partial charge is 0.320 e. The largest absolute Gasteiger partial charge is 0.480 e. The van der Waals surface area contributed by atoms with E-state index in [9.17, 15) is 9.90 Å². The van der Waals surface area contributed by atoms with Gasteiger partial charge < -0.3 is 5.11 Å². The first kappa shape index (κ1) is 15.5. The molecular formula is C15H29NO2. The van der Waals surface area contributed by atoms with Crippen LogP contribution in [0.3, 0.4) is 0 Å². The molecule has 2 atom stereocenters. The molecule has 1 N–H and O–H groups in total. The molecule has 0 aromatic rings. The van der Waals surface area contributed by atoms with Crippen LogP contribution in [0.15, 0.2) is 0 Å². The Hall–Kier alpha value is -0.570. The number of likely N-dealkylation sites (tertiary alicyclic amines) is 1. The number of carboxylic acids is 1. The molecule has 18 heavy (non-hydrogen) atoms. The highest BCUT2D eigenvalue weighted by atomic mass is 16.4. The molecule has 2 unspecified atom stereocenters. The van der Waals surface area contributed by atoms with E-state index in [4.69, 9.17) is 0 Å². The second-order valence-electron chi connectivity index (χ2n) is 6.67. The standard InChI is InChI=1S/C15H29NO2/c1-5-7-13(14(17)18)16-10-6-8-12(9-11-16)15(2,3)4/h12-13H,5-11H2,1-4H3,(H,17,18). The van der Waals surface area contributed by atoms with Crippen LogP contribution in [0, 0.1) is 11.3 Å². The average molecular weight is 255 g/mol. The topological polar surface area (TPSA) is 40.5 Å². The highest BCUT2D eigenvalue weighted by Crippen LogP contribution is 2.34. The number of hydrogen-bond donors (Lipinski definition) is 1. The molecule has 0 aliphatic carbocycles. The molecule has 1 rings (SSSR count). The van der Waals surface area contributed by atoms with Gasteiger partial charge in [-0.05, 0) is 50.1 Å². The van der Waals surface area contributed by atoms with Gasteiger partial charge in [0.05, 0.1) is 0 Å². The van der Waals surface area contributed by atoms with E-state index < -0.39 is 5.97 Å². The molecule has 0 saturated carbocycles. The van der Waals surface area contributed by atoms with Crippen molar-refractivity contribution < 1.29 is 9.90 Å². The van der Waals surface area contributed by atoms with Gasteiger partial charge in [0.15, 0.2) is 0 Å². The quantitative estimate of drug-likeness (QED) is 0.837. The molecule has 1 fully saturated rings. The van der Waals surface area contributed by atoms with Crippen molar-refractivity contribution in [2.45, 2.75) is 65.8 Å². The van der Waals surface area contributed by atoms with Crippen molar-refractivity contribution in [2.75, 3.05) is 13.1 Å². The van der Waals surface area contributed by atoms with Crippen LogP contribution in [0.4, 0.5) is 0 Å². The molecule has 106 valence electrons.